The van der Waals surface area contributed by atoms with E-state index in [1.165, 1.54) is 23.9 Å². The Morgan fingerprint density at radius 2 is 2.00 bits per heavy atom. The highest BCUT2D eigenvalue weighted by Gasteiger charge is 2.47. The molecule has 108 valence electrons. The summed E-state index contributed by atoms with van der Waals surface area (Å²) in [5.41, 5.74) is 0.994. The van der Waals surface area contributed by atoms with E-state index < -0.39 is 9.84 Å². The van der Waals surface area contributed by atoms with Gasteiger partial charge in [-0.25, -0.2) is 12.8 Å². The van der Waals surface area contributed by atoms with Gasteiger partial charge in [0.15, 0.2) is 15.0 Å². The van der Waals surface area contributed by atoms with Crippen LogP contribution in [0.4, 0.5) is 4.39 Å². The van der Waals surface area contributed by atoms with Gasteiger partial charge in [0.25, 0.3) is 0 Å². The van der Waals surface area contributed by atoms with E-state index in [9.17, 15) is 12.8 Å². The van der Waals surface area contributed by atoms with E-state index >= 15 is 0 Å². The van der Waals surface area contributed by atoms with Crippen LogP contribution in [0, 0.1) is 11.2 Å². The molecule has 0 saturated carbocycles. The largest absolute Gasteiger partial charge is 0.346 e. The maximum absolute atomic E-state index is 12.8. The van der Waals surface area contributed by atoms with Crippen LogP contribution < -0.4 is 0 Å². The van der Waals surface area contributed by atoms with Crippen molar-refractivity contribution < 1.29 is 12.8 Å². The minimum Gasteiger partial charge on any atom is -0.346 e. The van der Waals surface area contributed by atoms with Crippen molar-refractivity contribution in [2.45, 2.75) is 17.7 Å². The molecular weight excluding hydrogens is 299 g/mol. The molecule has 2 heterocycles. The Bertz CT molecular complexity index is 630. The lowest BCUT2D eigenvalue weighted by Gasteiger charge is -2.23. The summed E-state index contributed by atoms with van der Waals surface area (Å²) in [5.74, 6) is 0.0639. The molecule has 7 heteroatoms. The van der Waals surface area contributed by atoms with Crippen molar-refractivity contribution in [3.05, 3.63) is 35.6 Å². The van der Waals surface area contributed by atoms with Crippen LogP contribution in [0.15, 0.2) is 24.3 Å². The van der Waals surface area contributed by atoms with Gasteiger partial charge in [-0.2, -0.15) is 0 Å². The van der Waals surface area contributed by atoms with Gasteiger partial charge in [-0.3, -0.25) is 5.41 Å². The van der Waals surface area contributed by atoms with Crippen LogP contribution in [-0.2, 0) is 16.3 Å². The summed E-state index contributed by atoms with van der Waals surface area (Å²) in [6, 6.07) is 6.22. The van der Waals surface area contributed by atoms with E-state index in [1.807, 2.05) is 4.90 Å². The summed E-state index contributed by atoms with van der Waals surface area (Å²) in [7, 11) is -2.96. The second kappa shape index (κ2) is 5.04. The number of sulfone groups is 1. The molecule has 0 amide bonds. The Morgan fingerprint density at radius 3 is 2.70 bits per heavy atom. The van der Waals surface area contributed by atoms with Crippen LogP contribution in [0.1, 0.15) is 5.56 Å². The van der Waals surface area contributed by atoms with Gasteiger partial charge in [-0.05, 0) is 24.1 Å². The molecule has 4 nitrogen and oxygen atoms in total. The van der Waals surface area contributed by atoms with Crippen LogP contribution in [0.25, 0.3) is 0 Å². The van der Waals surface area contributed by atoms with Gasteiger partial charge in [-0.1, -0.05) is 23.9 Å². The number of fused-ring (bicyclic) bond motifs is 1. The third kappa shape index (κ3) is 2.69. The van der Waals surface area contributed by atoms with Crippen molar-refractivity contribution in [1.82, 2.24) is 4.90 Å². The number of amidine groups is 1. The zero-order valence-corrected chi connectivity index (χ0v) is 12.4. The third-order valence-corrected chi connectivity index (χ3v) is 6.92. The van der Waals surface area contributed by atoms with Crippen LogP contribution >= 0.6 is 11.8 Å². The highest BCUT2D eigenvalue weighted by molar-refractivity contribution is 8.15. The van der Waals surface area contributed by atoms with Gasteiger partial charge < -0.3 is 4.90 Å². The van der Waals surface area contributed by atoms with E-state index in [-0.39, 0.29) is 28.6 Å². The van der Waals surface area contributed by atoms with E-state index in [4.69, 9.17) is 5.41 Å². The monoisotopic (exact) mass is 314 g/mol. The third-order valence-electron chi connectivity index (χ3n) is 3.75. The number of nitrogens with one attached hydrogen (secondary N) is 1. The van der Waals surface area contributed by atoms with Crippen molar-refractivity contribution in [2.24, 2.45) is 0 Å². The van der Waals surface area contributed by atoms with E-state index in [0.717, 1.165) is 5.56 Å². The maximum Gasteiger partial charge on any atom is 0.157 e. The minimum atomic E-state index is -2.96. The first-order valence-corrected chi connectivity index (χ1v) is 9.11. The molecule has 1 aromatic carbocycles. The number of rotatable bonds is 3. The fourth-order valence-corrected chi connectivity index (χ4v) is 6.59. The number of benzene rings is 1. The van der Waals surface area contributed by atoms with E-state index in [1.54, 1.807) is 12.1 Å². The summed E-state index contributed by atoms with van der Waals surface area (Å²) in [6.07, 6.45) is 0.687. The molecule has 2 aliphatic rings. The molecule has 2 aliphatic heterocycles. The normalized spacial score (nSPS) is 27.9. The summed E-state index contributed by atoms with van der Waals surface area (Å²) in [5, 5.41) is 8.42. The SMILES string of the molecule is N=C1SC2CS(=O)(=O)CC2N1CCc1ccc(F)cc1. The first-order valence-electron chi connectivity index (χ1n) is 6.41. The molecular formula is C13H15FN2O2S2. The molecule has 0 aliphatic carbocycles. The standard InChI is InChI=1S/C13H15FN2O2S2/c14-10-3-1-9(2-4-10)5-6-16-11-7-20(17,18)8-12(11)19-13(16)15/h1-4,11-12,15H,5-8H2. The predicted octanol–water partition coefficient (Wildman–Crippen LogP) is 1.52. The Labute approximate surface area is 121 Å². The summed E-state index contributed by atoms with van der Waals surface area (Å²) >= 11 is 1.35. The summed E-state index contributed by atoms with van der Waals surface area (Å²) in [4.78, 5) is 1.88. The summed E-state index contributed by atoms with van der Waals surface area (Å²) in [6.45, 7) is 0.605. The van der Waals surface area contributed by atoms with Gasteiger partial charge in [0, 0.05) is 11.8 Å². The fourth-order valence-electron chi connectivity index (χ4n) is 2.73. The molecule has 0 radical (unpaired) electrons. The highest BCUT2D eigenvalue weighted by atomic mass is 32.2. The van der Waals surface area contributed by atoms with E-state index in [2.05, 4.69) is 0 Å². The number of hydrogen-bond donors (Lipinski definition) is 1. The topological polar surface area (TPSA) is 61.2 Å². The van der Waals surface area contributed by atoms with Crippen molar-refractivity contribution in [3.63, 3.8) is 0 Å². The summed E-state index contributed by atoms with van der Waals surface area (Å²) < 4.78 is 36.1. The van der Waals surface area contributed by atoms with Gasteiger partial charge in [0.2, 0.25) is 0 Å². The Hall–Kier alpha value is -1.08. The lowest BCUT2D eigenvalue weighted by Crippen LogP contribution is -2.38. The average Bonchev–Trinajstić information content (AvgIpc) is 2.80. The molecule has 2 fully saturated rings. The maximum atomic E-state index is 12.8. The smallest absolute Gasteiger partial charge is 0.157 e. The van der Waals surface area contributed by atoms with Crippen molar-refractivity contribution >= 4 is 26.8 Å². The molecule has 0 aromatic heterocycles. The predicted molar refractivity (Wildman–Crippen MR) is 78.4 cm³/mol. The Morgan fingerprint density at radius 1 is 1.30 bits per heavy atom. The molecule has 1 aromatic rings. The van der Waals surface area contributed by atoms with Gasteiger partial charge in [0.05, 0.1) is 17.5 Å². The van der Waals surface area contributed by atoms with E-state index in [0.29, 0.717) is 18.1 Å². The lowest BCUT2D eigenvalue weighted by molar-refractivity contribution is 0.359. The number of hydrogen-bond acceptors (Lipinski definition) is 4. The number of halogens is 1. The quantitative estimate of drug-likeness (QED) is 0.919. The number of thioether (sulfide) groups is 1. The highest BCUT2D eigenvalue weighted by Crippen LogP contribution is 2.37. The second-order valence-corrected chi connectivity index (χ2v) is 8.56. The molecule has 2 unspecified atom stereocenters. The van der Waals surface area contributed by atoms with Crippen LogP contribution in [0.3, 0.4) is 0 Å². The molecule has 2 saturated heterocycles. The van der Waals surface area contributed by atoms with Crippen LogP contribution in [0.5, 0.6) is 0 Å². The zero-order chi connectivity index (χ0) is 14.3. The lowest BCUT2D eigenvalue weighted by atomic mass is 10.1. The Balaban J connectivity index is 1.67. The first-order chi connectivity index (χ1) is 9.44. The molecule has 20 heavy (non-hydrogen) atoms. The molecule has 0 bridgehead atoms. The molecule has 1 N–H and O–H groups in total. The zero-order valence-electron chi connectivity index (χ0n) is 10.8. The molecule has 0 spiro atoms. The number of nitrogens with zero attached hydrogens (tertiary/aromatic N) is 1. The fraction of sp³-hybridized carbons (Fsp3) is 0.462. The van der Waals surface area contributed by atoms with Crippen LogP contribution in [0.2, 0.25) is 0 Å². The first kappa shape index (κ1) is 13.9. The van der Waals surface area contributed by atoms with Gasteiger partial charge >= 0.3 is 0 Å². The Kier molecular flexibility index (Phi) is 3.50. The van der Waals surface area contributed by atoms with Crippen molar-refractivity contribution in [3.8, 4) is 0 Å². The minimum absolute atomic E-state index is 0.000665. The average molecular weight is 314 g/mol. The molecule has 2 atom stereocenters. The van der Waals surface area contributed by atoms with Gasteiger partial charge in [0.1, 0.15) is 5.82 Å². The van der Waals surface area contributed by atoms with Gasteiger partial charge in [-0.15, -0.1) is 0 Å². The second-order valence-electron chi connectivity index (χ2n) is 5.18. The van der Waals surface area contributed by atoms with Crippen LogP contribution in [-0.4, -0.2) is 47.8 Å². The van der Waals surface area contributed by atoms with Crippen molar-refractivity contribution in [1.29, 1.82) is 5.41 Å². The van der Waals surface area contributed by atoms with Crippen molar-refractivity contribution in [2.75, 3.05) is 18.1 Å². The molecule has 3 rings (SSSR count).